The summed E-state index contributed by atoms with van der Waals surface area (Å²) >= 11 is 5.79. The van der Waals surface area contributed by atoms with E-state index in [1.807, 2.05) is 13.8 Å². The number of carbonyl (C=O) groups is 1. The molecule has 1 aromatic heterocycles. The molecule has 112 valence electrons. The normalized spacial score (nSPS) is 11.7. The standard InChI is InChI=1S/C12H18ClN3O3S/c1-4-16(5-2)11(17)9-15(3)20(18,19)10-7-6-8-14-12(10)13/h6-8H,4-5,9H2,1-3H3. The summed E-state index contributed by atoms with van der Waals surface area (Å²) in [6.07, 6.45) is 1.41. The highest BCUT2D eigenvalue weighted by Gasteiger charge is 2.26. The Morgan fingerprint density at radius 2 is 1.95 bits per heavy atom. The second kappa shape index (κ2) is 7.01. The van der Waals surface area contributed by atoms with Crippen LogP contribution in [0, 0.1) is 0 Å². The van der Waals surface area contributed by atoms with E-state index in [1.54, 1.807) is 4.90 Å². The van der Waals surface area contributed by atoms with Crippen LogP contribution in [0.2, 0.25) is 5.15 Å². The van der Waals surface area contributed by atoms with Crippen LogP contribution in [0.1, 0.15) is 13.8 Å². The highest BCUT2D eigenvalue weighted by Crippen LogP contribution is 2.21. The largest absolute Gasteiger partial charge is 0.342 e. The molecule has 1 aromatic rings. The van der Waals surface area contributed by atoms with Crippen molar-refractivity contribution < 1.29 is 13.2 Å². The Balaban J connectivity index is 2.94. The smallest absolute Gasteiger partial charge is 0.246 e. The molecule has 0 saturated heterocycles. The zero-order chi connectivity index (χ0) is 15.3. The predicted octanol–water partition coefficient (Wildman–Crippen LogP) is 1.22. The quantitative estimate of drug-likeness (QED) is 0.739. The maximum absolute atomic E-state index is 12.3. The predicted molar refractivity (Wildman–Crippen MR) is 77.0 cm³/mol. The molecule has 1 amide bonds. The lowest BCUT2D eigenvalue weighted by molar-refractivity contribution is -0.130. The zero-order valence-corrected chi connectivity index (χ0v) is 13.3. The van der Waals surface area contributed by atoms with Gasteiger partial charge in [0, 0.05) is 26.3 Å². The lowest BCUT2D eigenvalue weighted by Gasteiger charge is -2.23. The van der Waals surface area contributed by atoms with Gasteiger partial charge in [-0.15, -0.1) is 0 Å². The summed E-state index contributed by atoms with van der Waals surface area (Å²) in [5.74, 6) is -0.249. The van der Waals surface area contributed by atoms with E-state index < -0.39 is 10.0 Å². The molecular formula is C12H18ClN3O3S. The first-order chi connectivity index (χ1) is 9.34. The monoisotopic (exact) mass is 319 g/mol. The highest BCUT2D eigenvalue weighted by atomic mass is 35.5. The number of aromatic nitrogens is 1. The van der Waals surface area contributed by atoms with Gasteiger partial charge >= 0.3 is 0 Å². The van der Waals surface area contributed by atoms with Crippen molar-refractivity contribution in [2.45, 2.75) is 18.7 Å². The van der Waals surface area contributed by atoms with Gasteiger partial charge in [0.15, 0.2) is 0 Å². The Hall–Kier alpha value is -1.18. The van der Waals surface area contributed by atoms with Crippen molar-refractivity contribution in [3.8, 4) is 0 Å². The molecule has 0 saturated carbocycles. The highest BCUT2D eigenvalue weighted by molar-refractivity contribution is 7.89. The molecular weight excluding hydrogens is 302 g/mol. The molecule has 0 N–H and O–H groups in total. The van der Waals surface area contributed by atoms with E-state index in [2.05, 4.69) is 4.98 Å². The van der Waals surface area contributed by atoms with Gasteiger partial charge in [-0.3, -0.25) is 4.79 Å². The molecule has 1 rings (SSSR count). The summed E-state index contributed by atoms with van der Waals surface area (Å²) in [5.41, 5.74) is 0. The minimum Gasteiger partial charge on any atom is -0.342 e. The number of hydrogen-bond acceptors (Lipinski definition) is 4. The number of pyridine rings is 1. The Morgan fingerprint density at radius 3 is 2.45 bits per heavy atom. The Kier molecular flexibility index (Phi) is 5.91. The fraction of sp³-hybridized carbons (Fsp3) is 0.500. The average Bonchev–Trinajstić information content (AvgIpc) is 2.40. The topological polar surface area (TPSA) is 70.6 Å². The van der Waals surface area contributed by atoms with Crippen LogP contribution in [-0.2, 0) is 14.8 Å². The first-order valence-corrected chi connectivity index (χ1v) is 8.01. The molecule has 0 aliphatic heterocycles. The van der Waals surface area contributed by atoms with Gasteiger partial charge in [0.25, 0.3) is 0 Å². The van der Waals surface area contributed by atoms with Crippen LogP contribution in [0.5, 0.6) is 0 Å². The summed E-state index contributed by atoms with van der Waals surface area (Å²) in [4.78, 5) is 17.2. The van der Waals surface area contributed by atoms with Crippen molar-refractivity contribution >= 4 is 27.5 Å². The van der Waals surface area contributed by atoms with Crippen LogP contribution < -0.4 is 0 Å². The Bertz CT molecular complexity index is 573. The van der Waals surface area contributed by atoms with E-state index in [0.29, 0.717) is 13.1 Å². The van der Waals surface area contributed by atoms with Crippen LogP contribution in [0.25, 0.3) is 0 Å². The third-order valence-corrected chi connectivity index (χ3v) is 5.14. The van der Waals surface area contributed by atoms with Gasteiger partial charge < -0.3 is 4.90 Å². The maximum Gasteiger partial charge on any atom is 0.246 e. The lowest BCUT2D eigenvalue weighted by atomic mass is 10.4. The Morgan fingerprint density at radius 1 is 1.35 bits per heavy atom. The van der Waals surface area contributed by atoms with Crippen LogP contribution in [0.4, 0.5) is 0 Å². The Labute approximate surface area is 124 Å². The number of sulfonamides is 1. The van der Waals surface area contributed by atoms with Gasteiger partial charge in [-0.05, 0) is 26.0 Å². The number of rotatable bonds is 6. The van der Waals surface area contributed by atoms with Gasteiger partial charge in [0.1, 0.15) is 10.0 Å². The number of hydrogen-bond donors (Lipinski definition) is 0. The zero-order valence-electron chi connectivity index (χ0n) is 11.7. The summed E-state index contributed by atoms with van der Waals surface area (Å²) in [6, 6.07) is 2.85. The maximum atomic E-state index is 12.3. The number of nitrogens with zero attached hydrogens (tertiary/aromatic N) is 3. The molecule has 0 atom stereocenters. The third-order valence-electron chi connectivity index (χ3n) is 2.89. The molecule has 1 heterocycles. The molecule has 0 aliphatic carbocycles. The van der Waals surface area contributed by atoms with Crippen molar-refractivity contribution in [3.05, 3.63) is 23.5 Å². The minimum atomic E-state index is -3.82. The second-order valence-electron chi connectivity index (χ2n) is 4.12. The molecule has 0 aromatic carbocycles. The van der Waals surface area contributed by atoms with E-state index in [4.69, 9.17) is 11.6 Å². The van der Waals surface area contributed by atoms with Gasteiger partial charge in [0.05, 0.1) is 6.54 Å². The molecule has 0 spiro atoms. The number of likely N-dealkylation sites (N-methyl/N-ethyl adjacent to an activating group) is 2. The van der Waals surface area contributed by atoms with Gasteiger partial charge in [-0.2, -0.15) is 4.31 Å². The average molecular weight is 320 g/mol. The van der Waals surface area contributed by atoms with Crippen LogP contribution in [0.3, 0.4) is 0 Å². The third kappa shape index (κ3) is 3.68. The summed E-state index contributed by atoms with van der Waals surface area (Å²) < 4.78 is 25.6. The fourth-order valence-corrected chi connectivity index (χ4v) is 3.23. The first-order valence-electron chi connectivity index (χ1n) is 6.19. The van der Waals surface area contributed by atoms with E-state index in [0.717, 1.165) is 4.31 Å². The summed E-state index contributed by atoms with van der Waals surface area (Å²) in [7, 11) is -2.48. The van der Waals surface area contributed by atoms with E-state index in [-0.39, 0.29) is 22.5 Å². The van der Waals surface area contributed by atoms with Gasteiger partial charge in [-0.25, -0.2) is 13.4 Å². The minimum absolute atomic E-state index is 0.100. The van der Waals surface area contributed by atoms with Crippen molar-refractivity contribution in [2.75, 3.05) is 26.7 Å². The van der Waals surface area contributed by atoms with Crippen molar-refractivity contribution in [1.82, 2.24) is 14.2 Å². The van der Waals surface area contributed by atoms with Crippen molar-refractivity contribution in [2.24, 2.45) is 0 Å². The molecule has 0 radical (unpaired) electrons. The summed E-state index contributed by atoms with van der Waals surface area (Å²) in [5, 5.41) is -0.102. The van der Waals surface area contributed by atoms with Gasteiger partial charge in [-0.1, -0.05) is 11.6 Å². The van der Waals surface area contributed by atoms with E-state index >= 15 is 0 Å². The molecule has 6 nitrogen and oxygen atoms in total. The van der Waals surface area contributed by atoms with E-state index in [9.17, 15) is 13.2 Å². The lowest BCUT2D eigenvalue weighted by Crippen LogP contribution is -2.41. The summed E-state index contributed by atoms with van der Waals surface area (Å²) in [6.45, 7) is 4.53. The number of amides is 1. The molecule has 8 heteroatoms. The molecule has 0 unspecified atom stereocenters. The fourth-order valence-electron chi connectivity index (χ4n) is 1.68. The van der Waals surface area contributed by atoms with E-state index in [1.165, 1.54) is 25.4 Å². The first kappa shape index (κ1) is 16.9. The van der Waals surface area contributed by atoms with Crippen molar-refractivity contribution in [1.29, 1.82) is 0 Å². The number of carbonyl (C=O) groups excluding carboxylic acids is 1. The van der Waals surface area contributed by atoms with Gasteiger partial charge in [0.2, 0.25) is 15.9 Å². The molecule has 0 bridgehead atoms. The number of halogens is 1. The van der Waals surface area contributed by atoms with Crippen LogP contribution in [-0.4, -0.2) is 55.2 Å². The van der Waals surface area contributed by atoms with Crippen molar-refractivity contribution in [3.63, 3.8) is 0 Å². The second-order valence-corrected chi connectivity index (χ2v) is 6.49. The SMILES string of the molecule is CCN(CC)C(=O)CN(C)S(=O)(=O)c1cccnc1Cl. The molecule has 0 aliphatic rings. The molecule has 20 heavy (non-hydrogen) atoms. The van der Waals surface area contributed by atoms with Crippen LogP contribution >= 0.6 is 11.6 Å². The molecule has 0 fully saturated rings. The van der Waals surface area contributed by atoms with Crippen LogP contribution in [0.15, 0.2) is 23.2 Å².